The van der Waals surface area contributed by atoms with Crippen LogP contribution in [0.25, 0.3) is 6.08 Å². The lowest BCUT2D eigenvalue weighted by molar-refractivity contribution is -0.121. The summed E-state index contributed by atoms with van der Waals surface area (Å²) < 4.78 is 12.2. The first kappa shape index (κ1) is 22.7. The number of ether oxygens (including phenoxy) is 2. The van der Waals surface area contributed by atoms with E-state index in [0.29, 0.717) is 49.5 Å². The summed E-state index contributed by atoms with van der Waals surface area (Å²) in [6.45, 7) is 6.62. The number of carbonyl (C=O) groups is 1. The third-order valence-corrected chi connectivity index (χ3v) is 6.27. The molecule has 0 atom stereocenters. The lowest BCUT2D eigenvalue weighted by atomic mass is 10.1. The number of carbonyl (C=O) groups excluding carboxylic acids is 1. The highest BCUT2D eigenvalue weighted by molar-refractivity contribution is 8.26. The van der Waals surface area contributed by atoms with Crippen molar-refractivity contribution in [3.8, 4) is 11.5 Å². The van der Waals surface area contributed by atoms with Gasteiger partial charge in [0.25, 0.3) is 5.91 Å². The van der Waals surface area contributed by atoms with Gasteiger partial charge < -0.3 is 9.47 Å². The van der Waals surface area contributed by atoms with Gasteiger partial charge in [-0.15, -0.1) is 6.58 Å². The maximum absolute atomic E-state index is 12.5. The molecule has 0 aliphatic carbocycles. The number of thioether (sulfide) groups is 1. The van der Waals surface area contributed by atoms with Crippen LogP contribution in [-0.4, -0.2) is 28.3 Å². The molecule has 0 N–H and O–H groups in total. The van der Waals surface area contributed by atoms with Crippen LogP contribution < -0.4 is 9.47 Å². The van der Waals surface area contributed by atoms with E-state index in [-0.39, 0.29) is 12.5 Å². The van der Waals surface area contributed by atoms with E-state index in [4.69, 9.17) is 44.9 Å². The average molecular weight is 480 g/mol. The van der Waals surface area contributed by atoms with E-state index < -0.39 is 0 Å². The van der Waals surface area contributed by atoms with Gasteiger partial charge in [0.1, 0.15) is 10.9 Å². The van der Waals surface area contributed by atoms with Gasteiger partial charge in [-0.3, -0.25) is 9.69 Å². The molecule has 3 rings (SSSR count). The first-order valence-electron chi connectivity index (χ1n) is 9.13. The van der Waals surface area contributed by atoms with Crippen molar-refractivity contribution in [1.82, 2.24) is 4.90 Å². The quantitative estimate of drug-likeness (QED) is 0.250. The number of nitrogens with zero attached hydrogens (tertiary/aromatic N) is 1. The summed E-state index contributed by atoms with van der Waals surface area (Å²) in [6, 6.07) is 10.8. The number of thiocarbonyl (C=S) groups is 1. The molecule has 1 heterocycles. The van der Waals surface area contributed by atoms with E-state index in [1.807, 2.05) is 19.1 Å². The van der Waals surface area contributed by atoms with Crippen molar-refractivity contribution in [1.29, 1.82) is 0 Å². The fraction of sp³-hybridized carbons (Fsp3) is 0.182. The molecular weight excluding hydrogens is 461 g/mol. The second-order valence-corrected chi connectivity index (χ2v) is 8.70. The monoisotopic (exact) mass is 479 g/mol. The van der Waals surface area contributed by atoms with Crippen molar-refractivity contribution in [3.05, 3.63) is 75.1 Å². The van der Waals surface area contributed by atoms with E-state index in [0.717, 1.165) is 5.56 Å². The van der Waals surface area contributed by atoms with Gasteiger partial charge in [0.05, 0.1) is 11.5 Å². The molecule has 0 radical (unpaired) electrons. The van der Waals surface area contributed by atoms with Crippen molar-refractivity contribution < 1.29 is 14.3 Å². The molecule has 30 heavy (non-hydrogen) atoms. The topological polar surface area (TPSA) is 38.8 Å². The van der Waals surface area contributed by atoms with Crippen LogP contribution in [0.4, 0.5) is 0 Å². The number of rotatable bonds is 8. The molecule has 0 unspecified atom stereocenters. The van der Waals surface area contributed by atoms with Crippen molar-refractivity contribution >= 4 is 63.5 Å². The summed E-state index contributed by atoms with van der Waals surface area (Å²) >= 11 is 19.0. The van der Waals surface area contributed by atoms with Crippen molar-refractivity contribution in [3.63, 3.8) is 0 Å². The Labute approximate surface area is 195 Å². The zero-order valence-electron chi connectivity index (χ0n) is 16.2. The molecule has 1 aliphatic rings. The zero-order chi connectivity index (χ0) is 21.7. The number of hydrogen-bond acceptors (Lipinski definition) is 5. The van der Waals surface area contributed by atoms with Crippen LogP contribution in [-0.2, 0) is 11.4 Å². The zero-order valence-corrected chi connectivity index (χ0v) is 19.3. The maximum atomic E-state index is 12.5. The summed E-state index contributed by atoms with van der Waals surface area (Å²) in [4.78, 5) is 14.6. The van der Waals surface area contributed by atoms with Crippen molar-refractivity contribution in [2.75, 3.05) is 13.2 Å². The Balaban J connectivity index is 1.82. The first-order valence-corrected chi connectivity index (χ1v) is 11.1. The van der Waals surface area contributed by atoms with Crippen LogP contribution >= 0.6 is 47.2 Å². The Morgan fingerprint density at radius 3 is 2.57 bits per heavy atom. The van der Waals surface area contributed by atoms with E-state index in [2.05, 4.69) is 6.58 Å². The Morgan fingerprint density at radius 1 is 1.17 bits per heavy atom. The van der Waals surface area contributed by atoms with Gasteiger partial charge in [0, 0.05) is 22.2 Å². The second-order valence-electron chi connectivity index (χ2n) is 6.21. The highest BCUT2D eigenvalue weighted by Crippen LogP contribution is 2.35. The number of halogens is 2. The van der Waals surface area contributed by atoms with Gasteiger partial charge in [-0.05, 0) is 42.8 Å². The Morgan fingerprint density at radius 2 is 1.90 bits per heavy atom. The number of hydrogen-bond donors (Lipinski definition) is 0. The van der Waals surface area contributed by atoms with Gasteiger partial charge in [-0.2, -0.15) is 0 Å². The minimum absolute atomic E-state index is 0.128. The first-order chi connectivity index (χ1) is 14.4. The molecule has 1 aliphatic heterocycles. The molecule has 2 aromatic rings. The van der Waals surface area contributed by atoms with Crippen LogP contribution in [0.2, 0.25) is 10.0 Å². The molecule has 1 saturated heterocycles. The summed E-state index contributed by atoms with van der Waals surface area (Å²) in [6.07, 6.45) is 3.44. The molecule has 1 amide bonds. The second kappa shape index (κ2) is 10.4. The largest absolute Gasteiger partial charge is 0.490 e. The minimum atomic E-state index is -0.128. The molecule has 4 nitrogen and oxygen atoms in total. The molecule has 0 spiro atoms. The average Bonchev–Trinajstić information content (AvgIpc) is 2.97. The summed E-state index contributed by atoms with van der Waals surface area (Å²) in [5.41, 5.74) is 1.51. The molecule has 0 bridgehead atoms. The van der Waals surface area contributed by atoms with Gasteiger partial charge >= 0.3 is 0 Å². The summed E-state index contributed by atoms with van der Waals surface area (Å²) in [5, 5.41) is 1.08. The molecule has 0 saturated carbocycles. The van der Waals surface area contributed by atoms with Crippen LogP contribution in [0.1, 0.15) is 18.1 Å². The van der Waals surface area contributed by atoms with Crippen molar-refractivity contribution in [2.24, 2.45) is 0 Å². The maximum Gasteiger partial charge on any atom is 0.266 e. The standard InChI is InChI=1S/C22H19Cl2NO3S2/c1-3-10-25-21(26)20(30-22(25)29)12-14-8-9-18(19(11-14)27-4-2)28-13-15-16(23)6-5-7-17(15)24/h3,5-9,11-12H,1,4,10,13H2,2H3. The smallest absolute Gasteiger partial charge is 0.266 e. The van der Waals surface area contributed by atoms with Crippen LogP contribution in [0.15, 0.2) is 54.0 Å². The number of amides is 1. The van der Waals surface area contributed by atoms with Gasteiger partial charge in [-0.1, -0.05) is 65.4 Å². The third kappa shape index (κ3) is 5.19. The highest BCUT2D eigenvalue weighted by atomic mass is 35.5. The minimum Gasteiger partial charge on any atom is -0.490 e. The molecule has 2 aromatic carbocycles. The van der Waals surface area contributed by atoms with Crippen LogP contribution in [0.5, 0.6) is 11.5 Å². The summed E-state index contributed by atoms with van der Waals surface area (Å²) in [5.74, 6) is 0.997. The normalized spacial score (nSPS) is 15.0. The van der Waals surface area contributed by atoms with E-state index in [9.17, 15) is 4.79 Å². The van der Waals surface area contributed by atoms with E-state index in [1.54, 1.807) is 36.4 Å². The van der Waals surface area contributed by atoms with Gasteiger partial charge in [0.15, 0.2) is 11.5 Å². The summed E-state index contributed by atoms with van der Waals surface area (Å²) in [7, 11) is 0. The molecular formula is C22H19Cl2NO3S2. The molecule has 1 fully saturated rings. The Hall–Kier alpha value is -1.99. The van der Waals surface area contributed by atoms with E-state index in [1.165, 1.54) is 16.7 Å². The number of benzene rings is 2. The lowest BCUT2D eigenvalue weighted by Crippen LogP contribution is -2.27. The predicted octanol–water partition coefficient (Wildman–Crippen LogP) is 6.36. The fourth-order valence-electron chi connectivity index (χ4n) is 2.76. The lowest BCUT2D eigenvalue weighted by Gasteiger charge is -2.14. The Kier molecular flexibility index (Phi) is 7.83. The Bertz CT molecular complexity index is 1000. The predicted molar refractivity (Wildman–Crippen MR) is 128 cm³/mol. The highest BCUT2D eigenvalue weighted by Gasteiger charge is 2.31. The van der Waals surface area contributed by atoms with Crippen LogP contribution in [0.3, 0.4) is 0 Å². The van der Waals surface area contributed by atoms with Crippen LogP contribution in [0, 0.1) is 0 Å². The molecule has 156 valence electrons. The molecule has 8 heteroatoms. The van der Waals surface area contributed by atoms with Gasteiger partial charge in [-0.25, -0.2) is 0 Å². The SMILES string of the molecule is C=CCN1C(=O)C(=Cc2ccc(OCc3c(Cl)cccc3Cl)c(OCC)c2)SC1=S. The fourth-order valence-corrected chi connectivity index (χ4v) is 4.54. The van der Waals surface area contributed by atoms with Gasteiger partial charge in [0.2, 0.25) is 0 Å². The third-order valence-electron chi connectivity index (χ3n) is 4.18. The van der Waals surface area contributed by atoms with E-state index >= 15 is 0 Å². The van der Waals surface area contributed by atoms with Crippen molar-refractivity contribution in [2.45, 2.75) is 13.5 Å². The molecule has 0 aromatic heterocycles.